The molecule has 14 N–H and O–H groups in total. The Balaban J connectivity index is 0.835. The molecule has 0 saturated carbocycles. The van der Waals surface area contributed by atoms with E-state index in [9.17, 15) is 79.2 Å². The summed E-state index contributed by atoms with van der Waals surface area (Å²) in [5, 5.41) is 103. The van der Waals surface area contributed by atoms with Crippen molar-refractivity contribution in [3.63, 3.8) is 0 Å². The van der Waals surface area contributed by atoms with Crippen molar-refractivity contribution in [1.82, 2.24) is 31.9 Å². The van der Waals surface area contributed by atoms with Crippen LogP contribution in [0, 0.1) is 0 Å². The molecule has 2 aliphatic heterocycles. The van der Waals surface area contributed by atoms with Crippen molar-refractivity contribution in [2.75, 3.05) is 62.4 Å². The molecular formula is C62H80N6O20S2. The summed E-state index contributed by atoms with van der Waals surface area (Å²) >= 11 is 2.82. The number of rotatable bonds is 35. The smallest absolute Gasteiger partial charge is 0.364 e. The second-order valence-electron chi connectivity index (χ2n) is 21.5. The van der Waals surface area contributed by atoms with Crippen molar-refractivity contribution in [3.05, 3.63) is 120 Å². The molecule has 4 aromatic carbocycles. The van der Waals surface area contributed by atoms with E-state index < -0.39 is 134 Å². The molecule has 90 heavy (non-hydrogen) atoms. The molecule has 0 radical (unpaired) electrons. The van der Waals surface area contributed by atoms with Gasteiger partial charge in [0, 0.05) is 88.3 Å². The maximum atomic E-state index is 13.0. The van der Waals surface area contributed by atoms with Gasteiger partial charge in [0.05, 0.1) is 49.7 Å². The number of benzene rings is 4. The van der Waals surface area contributed by atoms with Crippen LogP contribution in [0.15, 0.2) is 109 Å². The zero-order chi connectivity index (χ0) is 65.4. The monoisotopic (exact) mass is 1290 g/mol. The van der Waals surface area contributed by atoms with Crippen molar-refractivity contribution in [2.24, 2.45) is 0 Å². The molecule has 2 fully saturated rings. The number of hydrogen-bond acceptors (Lipinski definition) is 20. The van der Waals surface area contributed by atoms with Crippen LogP contribution in [0.25, 0.3) is 22.3 Å². The topological polar surface area (TPSA) is 408 Å². The van der Waals surface area contributed by atoms with Crippen LogP contribution >= 0.6 is 23.5 Å². The number of aliphatic hydroxyl groups excluding tert-OH is 6. The lowest BCUT2D eigenvalue weighted by molar-refractivity contribution is -0.310. The van der Waals surface area contributed by atoms with Gasteiger partial charge >= 0.3 is 11.9 Å². The van der Waals surface area contributed by atoms with Crippen LogP contribution in [0.4, 0.5) is 0 Å². The molecule has 6 rings (SSSR count). The Morgan fingerprint density at radius 1 is 0.511 bits per heavy atom. The molecule has 28 heteroatoms. The Hall–Kier alpha value is -7.06. The third kappa shape index (κ3) is 21.3. The zero-order valence-corrected chi connectivity index (χ0v) is 51.4. The highest BCUT2D eigenvalue weighted by Crippen LogP contribution is 2.36. The van der Waals surface area contributed by atoms with E-state index in [-0.39, 0.29) is 74.9 Å². The Morgan fingerprint density at radius 2 is 0.856 bits per heavy atom. The molecule has 490 valence electrons. The molecule has 4 aromatic rings. The summed E-state index contributed by atoms with van der Waals surface area (Å²) in [4.78, 5) is 100. The highest BCUT2D eigenvalue weighted by molar-refractivity contribution is 7.99. The second kappa shape index (κ2) is 35.5. The number of amides is 6. The van der Waals surface area contributed by atoms with Gasteiger partial charge in [0.15, 0.2) is 0 Å². The number of carboxylic acid groups (broad SMARTS) is 2. The van der Waals surface area contributed by atoms with E-state index in [2.05, 4.69) is 31.9 Å². The molecule has 2 aliphatic rings. The summed E-state index contributed by atoms with van der Waals surface area (Å²) in [6, 6.07) is 29.6. The van der Waals surface area contributed by atoms with Crippen LogP contribution in [-0.4, -0.2) is 223 Å². The fourth-order valence-electron chi connectivity index (χ4n) is 10.00. The first-order valence-electron chi connectivity index (χ1n) is 29.3. The van der Waals surface area contributed by atoms with E-state index in [1.165, 1.54) is 23.5 Å². The number of hydrogen-bond donors (Lipinski definition) is 14. The number of aliphatic hydroxyl groups is 6. The number of thioether (sulfide) groups is 2. The van der Waals surface area contributed by atoms with Gasteiger partial charge in [-0.2, -0.15) is 23.5 Å². The molecule has 6 amide bonds. The quantitative estimate of drug-likeness (QED) is 0.0283. The Morgan fingerprint density at radius 3 is 1.19 bits per heavy atom. The fourth-order valence-corrected chi connectivity index (χ4v) is 11.5. The minimum Gasteiger partial charge on any atom is -0.477 e. The van der Waals surface area contributed by atoms with Crippen molar-refractivity contribution < 1.29 is 98.2 Å². The summed E-state index contributed by atoms with van der Waals surface area (Å²) in [6.45, 7) is 1.41. The second-order valence-corrected chi connectivity index (χ2v) is 24.0. The van der Waals surface area contributed by atoms with Crippen molar-refractivity contribution in [1.29, 1.82) is 0 Å². The first-order chi connectivity index (χ1) is 43.0. The van der Waals surface area contributed by atoms with Crippen molar-refractivity contribution in [2.45, 2.75) is 125 Å². The van der Waals surface area contributed by atoms with Crippen LogP contribution in [0.3, 0.4) is 0 Å². The van der Waals surface area contributed by atoms with Crippen molar-refractivity contribution >= 4 is 70.9 Å². The average Bonchev–Trinajstić information content (AvgIpc) is 0.867. The van der Waals surface area contributed by atoms with E-state index in [0.717, 1.165) is 36.1 Å². The van der Waals surface area contributed by atoms with Gasteiger partial charge in [0.25, 0.3) is 23.4 Å². The molecule has 0 aromatic heterocycles. The largest absolute Gasteiger partial charge is 0.477 e. The number of carboxylic acids is 2. The number of aliphatic carboxylic acids is 2. The lowest BCUT2D eigenvalue weighted by Gasteiger charge is -2.46. The number of ether oxygens (including phenoxy) is 4. The van der Waals surface area contributed by atoms with E-state index in [1.807, 2.05) is 60.7 Å². The predicted octanol–water partition coefficient (Wildman–Crippen LogP) is 0.787. The zero-order valence-electron chi connectivity index (χ0n) is 49.8. The van der Waals surface area contributed by atoms with E-state index >= 15 is 0 Å². The molecule has 2 unspecified atom stereocenters. The summed E-state index contributed by atoms with van der Waals surface area (Å²) in [7, 11) is 0. The molecule has 12 atom stereocenters. The Bertz CT molecular complexity index is 2800. The van der Waals surface area contributed by atoms with E-state index in [0.29, 0.717) is 23.0 Å². The van der Waals surface area contributed by atoms with Crippen LogP contribution in [0.2, 0.25) is 0 Å². The van der Waals surface area contributed by atoms with E-state index in [4.69, 9.17) is 18.9 Å². The summed E-state index contributed by atoms with van der Waals surface area (Å²) in [5.41, 5.74) is 4.16. The fraction of sp³-hybridized carbons (Fsp3) is 0.484. The number of nitrogens with one attached hydrogen (secondary N) is 6. The lowest BCUT2D eigenvalue weighted by atomic mass is 9.88. The van der Waals surface area contributed by atoms with Gasteiger partial charge in [0.2, 0.25) is 23.6 Å². The van der Waals surface area contributed by atoms with Crippen LogP contribution in [0.1, 0.15) is 73.1 Å². The summed E-state index contributed by atoms with van der Waals surface area (Å²) < 4.78 is 23.1. The predicted molar refractivity (Wildman–Crippen MR) is 330 cm³/mol. The minimum atomic E-state index is -2.49. The van der Waals surface area contributed by atoms with Crippen LogP contribution in [0.5, 0.6) is 0 Å². The molecule has 2 saturated heterocycles. The highest BCUT2D eigenvalue weighted by Gasteiger charge is 2.57. The lowest BCUT2D eigenvalue weighted by Crippen LogP contribution is -2.68. The highest BCUT2D eigenvalue weighted by atomic mass is 32.2. The van der Waals surface area contributed by atoms with Gasteiger partial charge < -0.3 is 91.7 Å². The van der Waals surface area contributed by atoms with Gasteiger partial charge in [-0.3, -0.25) is 28.8 Å². The standard InChI is InChI=1S/C62H80N6O20S2/c1-37(69)67-51-45(71)33-61(59(81)82,87-55(51)53(77)47(73)35-65-57(79)43-19-15-41(16-20-43)39-11-5-3-6-12-39)85-27-9-29-89-31-25-63-49(75)23-24-50(76)64-26-32-90-30-10-28-86-62(60(83)84)34-46(72)52(68-38(2)70)56(88-62)54(78)48(74)36-66-58(80)44-21-17-42(18-22-44)40-13-7-4-8-14-40/h3-8,11-22,45-48,51-56,71-74,77-78H,9-10,23-36H2,1-2H3,(H,63,75)(H,64,76)(H,65,79)(H,66,80)(H,67,69)(H,68,70)(H,81,82)(H,83,84)/t45-,46-,47+,48+,51+,52+,53?,54?,55+,56+,61+,62+/m0/s1. The van der Waals surface area contributed by atoms with Gasteiger partial charge in [0.1, 0.15) is 24.4 Å². The van der Waals surface area contributed by atoms with Crippen LogP contribution < -0.4 is 31.9 Å². The van der Waals surface area contributed by atoms with Crippen LogP contribution in [-0.2, 0) is 47.7 Å². The Labute approximate surface area is 528 Å². The Kier molecular flexibility index (Phi) is 28.4. The summed E-state index contributed by atoms with van der Waals surface area (Å²) in [6.07, 6.45) is -14.9. The van der Waals surface area contributed by atoms with Crippen molar-refractivity contribution in [3.8, 4) is 22.3 Å². The molecule has 0 bridgehead atoms. The third-order valence-electron chi connectivity index (χ3n) is 14.7. The van der Waals surface area contributed by atoms with Gasteiger partial charge in [-0.15, -0.1) is 0 Å². The minimum absolute atomic E-state index is 0.0854. The first kappa shape index (κ1) is 72.0. The summed E-state index contributed by atoms with van der Waals surface area (Å²) in [5.74, 6) is -9.60. The number of carbonyl (C=O) groups excluding carboxylic acids is 6. The van der Waals surface area contributed by atoms with Gasteiger partial charge in [-0.25, -0.2) is 9.59 Å². The maximum absolute atomic E-state index is 13.0. The molecule has 0 aliphatic carbocycles. The normalized spacial score (nSPS) is 22.8. The average molecular weight is 1290 g/mol. The van der Waals surface area contributed by atoms with Gasteiger partial charge in [-0.1, -0.05) is 84.9 Å². The molecule has 2 heterocycles. The number of carbonyl (C=O) groups is 8. The van der Waals surface area contributed by atoms with E-state index in [1.54, 1.807) is 48.5 Å². The molecule has 0 spiro atoms. The third-order valence-corrected chi connectivity index (χ3v) is 16.8. The molecule has 26 nitrogen and oxygen atoms in total. The SMILES string of the molecule is CC(=O)N[C@@H]1[C@@H](O)C[C@](OCCCSCCNC(=O)CCC(=O)NCCSCCCO[C@]2(C(=O)O)C[C@H](O)[C@@H](NC(C)=O)[C@H](C(O)[C@H](O)CNC(=O)c3ccc(-c4ccccc4)cc3)O2)(C(=O)O)O[C@H]1C(O)[C@H](O)CNC(=O)c1ccc(-c2ccccc2)cc1. The first-order valence-corrected chi connectivity index (χ1v) is 31.6. The maximum Gasteiger partial charge on any atom is 0.364 e. The molecular weight excluding hydrogens is 1210 g/mol. The van der Waals surface area contributed by atoms with Gasteiger partial charge in [-0.05, 0) is 70.9 Å².